The van der Waals surface area contributed by atoms with Gasteiger partial charge in [-0.05, 0) is 37.3 Å². The van der Waals surface area contributed by atoms with Gasteiger partial charge in [0.15, 0.2) is 0 Å². The number of anilines is 1. The van der Waals surface area contributed by atoms with Crippen molar-refractivity contribution in [1.29, 1.82) is 0 Å². The van der Waals surface area contributed by atoms with Crippen LogP contribution in [0.1, 0.15) is 61.1 Å². The average molecular weight is 243 g/mol. The number of hydrogen-bond acceptors (Lipinski definition) is 1. The van der Waals surface area contributed by atoms with Crippen LogP contribution in [0.25, 0.3) is 0 Å². The van der Waals surface area contributed by atoms with E-state index in [1.165, 1.54) is 55.3 Å². The van der Waals surface area contributed by atoms with E-state index in [0.717, 1.165) is 18.4 Å². The standard InChI is InChI=1S/C17H25N/c1-12-8-13(2)17-16(9-12)15(11-18-17)10-14-6-4-3-5-7-14/h8-9,14-15,18H,3-7,10-11H2,1-2H3. The molecule has 1 aliphatic carbocycles. The number of nitrogens with one attached hydrogen (secondary N) is 1. The predicted molar refractivity (Wildman–Crippen MR) is 78.3 cm³/mol. The molecule has 98 valence electrons. The molecular formula is C17H25N. The molecule has 1 heteroatoms. The largest absolute Gasteiger partial charge is 0.384 e. The molecule has 0 aromatic heterocycles. The molecule has 1 atom stereocenters. The lowest BCUT2D eigenvalue weighted by Gasteiger charge is -2.24. The van der Waals surface area contributed by atoms with Gasteiger partial charge in [0.1, 0.15) is 0 Å². The summed E-state index contributed by atoms with van der Waals surface area (Å²) in [7, 11) is 0. The molecule has 1 aromatic rings. The molecule has 1 aliphatic heterocycles. The fraction of sp³-hybridized carbons (Fsp3) is 0.647. The SMILES string of the molecule is Cc1cc(C)c2c(c1)C(CC1CCCCC1)CN2. The van der Waals surface area contributed by atoms with Gasteiger partial charge in [0.2, 0.25) is 0 Å². The molecule has 1 N–H and O–H groups in total. The van der Waals surface area contributed by atoms with E-state index in [1.54, 1.807) is 5.56 Å². The smallest absolute Gasteiger partial charge is 0.0406 e. The first kappa shape index (κ1) is 12.1. The summed E-state index contributed by atoms with van der Waals surface area (Å²) >= 11 is 0. The van der Waals surface area contributed by atoms with Crippen LogP contribution in [0.15, 0.2) is 12.1 Å². The first-order valence-corrected chi connectivity index (χ1v) is 7.59. The fourth-order valence-electron chi connectivity index (χ4n) is 3.93. The van der Waals surface area contributed by atoms with Gasteiger partial charge in [0.25, 0.3) is 0 Å². The van der Waals surface area contributed by atoms with E-state index in [2.05, 4.69) is 31.3 Å². The molecule has 0 saturated heterocycles. The molecule has 1 nitrogen and oxygen atoms in total. The molecule has 2 aliphatic rings. The fourth-order valence-corrected chi connectivity index (χ4v) is 3.93. The van der Waals surface area contributed by atoms with E-state index in [4.69, 9.17) is 0 Å². The van der Waals surface area contributed by atoms with Crippen molar-refractivity contribution in [1.82, 2.24) is 0 Å². The Morgan fingerprint density at radius 1 is 1.11 bits per heavy atom. The van der Waals surface area contributed by atoms with Crippen molar-refractivity contribution in [2.75, 3.05) is 11.9 Å². The molecule has 0 amide bonds. The zero-order chi connectivity index (χ0) is 12.5. The third-order valence-electron chi connectivity index (χ3n) is 4.82. The predicted octanol–water partition coefficient (Wildman–Crippen LogP) is 4.78. The highest BCUT2D eigenvalue weighted by Gasteiger charge is 2.27. The van der Waals surface area contributed by atoms with E-state index in [1.807, 2.05) is 0 Å². The minimum atomic E-state index is 0.765. The van der Waals surface area contributed by atoms with Crippen molar-refractivity contribution in [3.05, 3.63) is 28.8 Å². The Morgan fingerprint density at radius 3 is 2.67 bits per heavy atom. The minimum Gasteiger partial charge on any atom is -0.384 e. The van der Waals surface area contributed by atoms with Crippen LogP contribution in [-0.2, 0) is 0 Å². The topological polar surface area (TPSA) is 12.0 Å². The Hall–Kier alpha value is -0.980. The second kappa shape index (κ2) is 4.95. The Balaban J connectivity index is 1.77. The van der Waals surface area contributed by atoms with Crippen LogP contribution in [0.2, 0.25) is 0 Å². The van der Waals surface area contributed by atoms with Crippen LogP contribution in [-0.4, -0.2) is 6.54 Å². The molecule has 1 unspecified atom stereocenters. The van der Waals surface area contributed by atoms with Crippen LogP contribution in [0.3, 0.4) is 0 Å². The molecule has 0 radical (unpaired) electrons. The number of hydrogen-bond donors (Lipinski definition) is 1. The van der Waals surface area contributed by atoms with Crippen molar-refractivity contribution in [2.45, 2.75) is 58.3 Å². The van der Waals surface area contributed by atoms with Gasteiger partial charge < -0.3 is 5.32 Å². The van der Waals surface area contributed by atoms with Crippen molar-refractivity contribution < 1.29 is 0 Å². The molecule has 3 rings (SSSR count). The van der Waals surface area contributed by atoms with Gasteiger partial charge in [0, 0.05) is 18.2 Å². The highest BCUT2D eigenvalue weighted by atomic mass is 14.9. The zero-order valence-electron chi connectivity index (χ0n) is 11.8. The van der Waals surface area contributed by atoms with Crippen molar-refractivity contribution in [2.24, 2.45) is 5.92 Å². The summed E-state index contributed by atoms with van der Waals surface area (Å²) in [5, 5.41) is 3.64. The molecule has 0 spiro atoms. The summed E-state index contributed by atoms with van der Waals surface area (Å²) in [6, 6.07) is 4.71. The highest BCUT2D eigenvalue weighted by molar-refractivity contribution is 5.63. The van der Waals surface area contributed by atoms with Crippen LogP contribution < -0.4 is 5.32 Å². The van der Waals surface area contributed by atoms with Crippen LogP contribution in [0.5, 0.6) is 0 Å². The van der Waals surface area contributed by atoms with Gasteiger partial charge >= 0.3 is 0 Å². The van der Waals surface area contributed by atoms with Crippen molar-refractivity contribution in [3.8, 4) is 0 Å². The van der Waals surface area contributed by atoms with Crippen LogP contribution in [0.4, 0.5) is 5.69 Å². The van der Waals surface area contributed by atoms with E-state index in [0.29, 0.717) is 0 Å². The Bertz CT molecular complexity index is 429. The summed E-state index contributed by atoms with van der Waals surface area (Å²) in [4.78, 5) is 0. The zero-order valence-corrected chi connectivity index (χ0v) is 11.8. The highest BCUT2D eigenvalue weighted by Crippen LogP contribution is 2.40. The molecule has 1 aromatic carbocycles. The first-order chi connectivity index (χ1) is 8.74. The number of rotatable bonds is 2. The van der Waals surface area contributed by atoms with E-state index < -0.39 is 0 Å². The second-order valence-electron chi connectivity index (χ2n) is 6.36. The van der Waals surface area contributed by atoms with Crippen molar-refractivity contribution in [3.63, 3.8) is 0 Å². The summed E-state index contributed by atoms with van der Waals surface area (Å²) < 4.78 is 0. The third kappa shape index (κ3) is 2.28. The Kier molecular flexibility index (Phi) is 3.32. The van der Waals surface area contributed by atoms with E-state index in [9.17, 15) is 0 Å². The maximum Gasteiger partial charge on any atom is 0.0406 e. The lowest BCUT2D eigenvalue weighted by Crippen LogP contribution is -2.12. The Labute approximate surface area is 111 Å². The third-order valence-corrected chi connectivity index (χ3v) is 4.82. The monoisotopic (exact) mass is 243 g/mol. The Morgan fingerprint density at radius 2 is 1.89 bits per heavy atom. The molecule has 0 bridgehead atoms. The van der Waals surface area contributed by atoms with Gasteiger partial charge in [-0.15, -0.1) is 0 Å². The summed E-state index contributed by atoms with van der Waals surface area (Å²) in [6.07, 6.45) is 8.74. The summed E-state index contributed by atoms with van der Waals surface area (Å²) in [5.41, 5.74) is 5.87. The lowest BCUT2D eigenvalue weighted by molar-refractivity contribution is 0.322. The number of aryl methyl sites for hydroxylation is 2. The van der Waals surface area contributed by atoms with E-state index in [-0.39, 0.29) is 0 Å². The van der Waals surface area contributed by atoms with E-state index >= 15 is 0 Å². The minimum absolute atomic E-state index is 0.765. The molecule has 1 fully saturated rings. The first-order valence-electron chi connectivity index (χ1n) is 7.59. The quantitative estimate of drug-likeness (QED) is 0.788. The molecule has 18 heavy (non-hydrogen) atoms. The van der Waals surface area contributed by atoms with Crippen LogP contribution >= 0.6 is 0 Å². The number of fused-ring (bicyclic) bond motifs is 1. The van der Waals surface area contributed by atoms with Gasteiger partial charge in [-0.2, -0.15) is 0 Å². The summed E-state index contributed by atoms with van der Waals surface area (Å²) in [6.45, 7) is 5.63. The van der Waals surface area contributed by atoms with Gasteiger partial charge in [0.05, 0.1) is 0 Å². The molecular weight excluding hydrogens is 218 g/mol. The van der Waals surface area contributed by atoms with Crippen molar-refractivity contribution >= 4 is 5.69 Å². The maximum absolute atomic E-state index is 3.64. The molecule has 1 saturated carbocycles. The van der Waals surface area contributed by atoms with Gasteiger partial charge in [-0.3, -0.25) is 0 Å². The average Bonchev–Trinajstić information content (AvgIpc) is 2.74. The van der Waals surface area contributed by atoms with Crippen LogP contribution in [0, 0.1) is 19.8 Å². The number of benzene rings is 1. The molecule has 1 heterocycles. The summed E-state index contributed by atoms with van der Waals surface area (Å²) in [5.74, 6) is 1.75. The van der Waals surface area contributed by atoms with Gasteiger partial charge in [-0.1, -0.05) is 49.8 Å². The lowest BCUT2D eigenvalue weighted by atomic mass is 9.81. The van der Waals surface area contributed by atoms with Gasteiger partial charge in [-0.25, -0.2) is 0 Å². The normalized spacial score (nSPS) is 23.8. The second-order valence-corrected chi connectivity index (χ2v) is 6.36. The maximum atomic E-state index is 3.64.